The van der Waals surface area contributed by atoms with Crippen LogP contribution in [0, 0.1) is 6.92 Å². The van der Waals surface area contributed by atoms with E-state index in [1.165, 1.54) is 0 Å². The molecule has 0 aliphatic rings. The van der Waals surface area contributed by atoms with Gasteiger partial charge in [0, 0.05) is 32.1 Å². The molecule has 2 aromatic rings. The van der Waals surface area contributed by atoms with Gasteiger partial charge in [-0.15, -0.1) is 0 Å². The number of anilines is 1. The topological polar surface area (TPSA) is 80.0 Å². The maximum absolute atomic E-state index is 12.1. The largest absolute Gasteiger partial charge is 0.385 e. The molecule has 0 saturated carbocycles. The van der Waals surface area contributed by atoms with Gasteiger partial charge in [0.25, 0.3) is 5.91 Å². The van der Waals surface area contributed by atoms with Gasteiger partial charge in [-0.05, 0) is 19.1 Å². The number of carbonyl (C=O) groups is 1. The SMILES string of the molecule is CCNc1ccccc1C(=O)NCCc1noc(C)n1. The summed E-state index contributed by atoms with van der Waals surface area (Å²) in [5.74, 6) is 1.02. The summed E-state index contributed by atoms with van der Waals surface area (Å²) in [6, 6.07) is 7.43. The zero-order chi connectivity index (χ0) is 14.4. The summed E-state index contributed by atoms with van der Waals surface area (Å²) in [6.07, 6.45) is 0.548. The van der Waals surface area contributed by atoms with Crippen LogP contribution < -0.4 is 10.6 Å². The Morgan fingerprint density at radius 2 is 2.15 bits per heavy atom. The molecule has 2 N–H and O–H groups in total. The van der Waals surface area contributed by atoms with Crippen LogP contribution in [0.25, 0.3) is 0 Å². The van der Waals surface area contributed by atoms with Crippen molar-refractivity contribution in [3.05, 3.63) is 41.5 Å². The number of nitrogens with one attached hydrogen (secondary N) is 2. The van der Waals surface area contributed by atoms with Crippen molar-refractivity contribution >= 4 is 11.6 Å². The molecule has 0 bridgehead atoms. The lowest BCUT2D eigenvalue weighted by Gasteiger charge is -2.10. The summed E-state index contributed by atoms with van der Waals surface area (Å²) in [6.45, 7) is 4.97. The fourth-order valence-corrected chi connectivity index (χ4v) is 1.85. The highest BCUT2D eigenvalue weighted by molar-refractivity contribution is 5.99. The van der Waals surface area contributed by atoms with E-state index >= 15 is 0 Å². The summed E-state index contributed by atoms with van der Waals surface area (Å²) in [7, 11) is 0. The van der Waals surface area contributed by atoms with Crippen LogP contribution in [0.1, 0.15) is 29.0 Å². The van der Waals surface area contributed by atoms with Crippen LogP contribution in [0.3, 0.4) is 0 Å². The second-order valence-electron chi connectivity index (χ2n) is 4.31. The minimum Gasteiger partial charge on any atom is -0.385 e. The molecule has 0 atom stereocenters. The minimum atomic E-state index is -0.109. The molecule has 0 spiro atoms. The summed E-state index contributed by atoms with van der Waals surface area (Å²) in [4.78, 5) is 16.2. The minimum absolute atomic E-state index is 0.109. The molecular formula is C14H18N4O2. The van der Waals surface area contributed by atoms with E-state index in [-0.39, 0.29) is 5.91 Å². The summed E-state index contributed by atoms with van der Waals surface area (Å²) in [5, 5.41) is 9.81. The van der Waals surface area contributed by atoms with E-state index in [0.29, 0.717) is 30.2 Å². The monoisotopic (exact) mass is 274 g/mol. The Morgan fingerprint density at radius 1 is 1.35 bits per heavy atom. The van der Waals surface area contributed by atoms with E-state index in [1.807, 2.05) is 25.1 Å². The third-order valence-corrected chi connectivity index (χ3v) is 2.74. The van der Waals surface area contributed by atoms with Crippen molar-refractivity contribution in [2.45, 2.75) is 20.3 Å². The number of aromatic nitrogens is 2. The molecule has 0 aliphatic carbocycles. The number of aryl methyl sites for hydroxylation is 1. The van der Waals surface area contributed by atoms with E-state index in [1.54, 1.807) is 13.0 Å². The molecule has 0 unspecified atom stereocenters. The van der Waals surface area contributed by atoms with Gasteiger partial charge in [0.15, 0.2) is 5.82 Å². The predicted octanol–water partition coefficient (Wildman–Crippen LogP) is 1.78. The van der Waals surface area contributed by atoms with Crippen LogP contribution in [0.2, 0.25) is 0 Å². The quantitative estimate of drug-likeness (QED) is 0.839. The molecule has 106 valence electrons. The highest BCUT2D eigenvalue weighted by Gasteiger charge is 2.10. The maximum Gasteiger partial charge on any atom is 0.253 e. The Kier molecular flexibility index (Phi) is 4.70. The lowest BCUT2D eigenvalue weighted by Crippen LogP contribution is -2.26. The summed E-state index contributed by atoms with van der Waals surface area (Å²) >= 11 is 0. The van der Waals surface area contributed by atoms with Crippen LogP contribution in [-0.4, -0.2) is 29.1 Å². The molecule has 6 nitrogen and oxygen atoms in total. The standard InChI is InChI=1S/C14H18N4O2/c1-3-15-12-7-5-4-6-11(12)14(19)16-9-8-13-17-10(2)20-18-13/h4-7,15H,3,8-9H2,1-2H3,(H,16,19). The van der Waals surface area contributed by atoms with Crippen molar-refractivity contribution in [1.82, 2.24) is 15.5 Å². The zero-order valence-corrected chi connectivity index (χ0v) is 11.6. The first-order chi connectivity index (χ1) is 9.70. The Balaban J connectivity index is 1.91. The van der Waals surface area contributed by atoms with Gasteiger partial charge >= 0.3 is 0 Å². The third kappa shape index (κ3) is 3.57. The van der Waals surface area contributed by atoms with E-state index in [0.717, 1.165) is 12.2 Å². The van der Waals surface area contributed by atoms with Crippen molar-refractivity contribution in [3.63, 3.8) is 0 Å². The van der Waals surface area contributed by atoms with Gasteiger partial charge in [-0.25, -0.2) is 0 Å². The molecule has 1 heterocycles. The molecule has 0 fully saturated rings. The van der Waals surface area contributed by atoms with E-state index in [2.05, 4.69) is 20.8 Å². The Hall–Kier alpha value is -2.37. The van der Waals surface area contributed by atoms with Crippen molar-refractivity contribution in [2.75, 3.05) is 18.4 Å². The molecule has 1 aromatic heterocycles. The predicted molar refractivity (Wildman–Crippen MR) is 75.7 cm³/mol. The first kappa shape index (κ1) is 14.0. The third-order valence-electron chi connectivity index (χ3n) is 2.74. The van der Waals surface area contributed by atoms with Gasteiger partial charge in [0.1, 0.15) is 0 Å². The van der Waals surface area contributed by atoms with Crippen LogP contribution in [0.4, 0.5) is 5.69 Å². The number of carbonyl (C=O) groups excluding carboxylic acids is 1. The van der Waals surface area contributed by atoms with Gasteiger partial charge in [0.2, 0.25) is 5.89 Å². The van der Waals surface area contributed by atoms with Crippen molar-refractivity contribution in [2.24, 2.45) is 0 Å². The van der Waals surface area contributed by atoms with Crippen molar-refractivity contribution < 1.29 is 9.32 Å². The van der Waals surface area contributed by atoms with Crippen molar-refractivity contribution in [3.8, 4) is 0 Å². The normalized spacial score (nSPS) is 10.3. The molecule has 0 aliphatic heterocycles. The molecular weight excluding hydrogens is 256 g/mol. The highest BCUT2D eigenvalue weighted by atomic mass is 16.5. The number of rotatable bonds is 6. The molecule has 1 amide bonds. The van der Waals surface area contributed by atoms with E-state index < -0.39 is 0 Å². The lowest BCUT2D eigenvalue weighted by atomic mass is 10.1. The van der Waals surface area contributed by atoms with Crippen LogP contribution in [-0.2, 0) is 6.42 Å². The molecule has 20 heavy (non-hydrogen) atoms. The molecule has 2 rings (SSSR count). The smallest absolute Gasteiger partial charge is 0.253 e. The van der Waals surface area contributed by atoms with Crippen LogP contribution in [0.15, 0.2) is 28.8 Å². The Labute approximate surface area is 117 Å². The number of para-hydroxylation sites is 1. The second-order valence-corrected chi connectivity index (χ2v) is 4.31. The first-order valence-electron chi connectivity index (χ1n) is 6.61. The van der Waals surface area contributed by atoms with Crippen LogP contribution >= 0.6 is 0 Å². The number of benzene rings is 1. The molecule has 1 aromatic carbocycles. The van der Waals surface area contributed by atoms with Gasteiger partial charge < -0.3 is 15.2 Å². The fraction of sp³-hybridized carbons (Fsp3) is 0.357. The zero-order valence-electron chi connectivity index (χ0n) is 11.6. The molecule has 0 saturated heterocycles. The van der Waals surface area contributed by atoms with Gasteiger partial charge in [0.05, 0.1) is 5.56 Å². The van der Waals surface area contributed by atoms with E-state index in [9.17, 15) is 4.79 Å². The van der Waals surface area contributed by atoms with E-state index in [4.69, 9.17) is 4.52 Å². The Bertz CT molecular complexity index is 580. The summed E-state index contributed by atoms with van der Waals surface area (Å²) < 4.78 is 4.87. The second kappa shape index (κ2) is 6.70. The average molecular weight is 274 g/mol. The highest BCUT2D eigenvalue weighted by Crippen LogP contribution is 2.14. The molecule has 0 radical (unpaired) electrons. The molecule has 6 heteroatoms. The van der Waals surface area contributed by atoms with Crippen LogP contribution in [0.5, 0.6) is 0 Å². The number of nitrogens with zero attached hydrogens (tertiary/aromatic N) is 2. The Morgan fingerprint density at radius 3 is 2.85 bits per heavy atom. The number of amides is 1. The average Bonchev–Trinajstić information content (AvgIpc) is 2.85. The number of hydrogen-bond donors (Lipinski definition) is 2. The fourth-order valence-electron chi connectivity index (χ4n) is 1.85. The number of hydrogen-bond acceptors (Lipinski definition) is 5. The lowest BCUT2D eigenvalue weighted by molar-refractivity contribution is 0.0954. The van der Waals surface area contributed by atoms with Gasteiger partial charge in [-0.1, -0.05) is 17.3 Å². The van der Waals surface area contributed by atoms with Gasteiger partial charge in [-0.3, -0.25) is 4.79 Å². The van der Waals surface area contributed by atoms with Crippen molar-refractivity contribution in [1.29, 1.82) is 0 Å². The first-order valence-corrected chi connectivity index (χ1v) is 6.61. The summed E-state index contributed by atoms with van der Waals surface area (Å²) in [5.41, 5.74) is 1.47. The maximum atomic E-state index is 12.1. The van der Waals surface area contributed by atoms with Gasteiger partial charge in [-0.2, -0.15) is 4.98 Å².